The molecule has 1 heterocycles. The van der Waals surface area contributed by atoms with Crippen LogP contribution < -0.4 is 5.32 Å². The Balaban J connectivity index is 2.20. The van der Waals surface area contributed by atoms with Gasteiger partial charge in [-0.3, -0.25) is 5.01 Å². The molecule has 0 aromatic rings. The number of hydrazone groups is 1. The number of rotatable bonds is 2. The Bertz CT molecular complexity index is 109. The van der Waals surface area contributed by atoms with Crippen molar-refractivity contribution in [2.75, 3.05) is 13.2 Å². The van der Waals surface area contributed by atoms with Gasteiger partial charge in [0.1, 0.15) is 13.0 Å². The summed E-state index contributed by atoms with van der Waals surface area (Å²) in [7, 11) is 0. The first-order valence-corrected chi connectivity index (χ1v) is 3.30. The van der Waals surface area contributed by atoms with E-state index >= 15 is 0 Å². The van der Waals surface area contributed by atoms with Gasteiger partial charge in [-0.2, -0.15) is 5.10 Å². The number of hydrogen-bond donors (Lipinski definition) is 1. The second-order valence-electron chi connectivity index (χ2n) is 2.69. The van der Waals surface area contributed by atoms with Gasteiger partial charge < -0.3 is 5.32 Å². The average molecular weight is 127 g/mol. The topological polar surface area (TPSA) is 27.6 Å². The van der Waals surface area contributed by atoms with E-state index in [9.17, 15) is 0 Å². The van der Waals surface area contributed by atoms with Gasteiger partial charge in [-0.25, -0.2) is 0 Å². The second-order valence-corrected chi connectivity index (χ2v) is 2.69. The molecule has 1 rings (SSSR count). The highest BCUT2D eigenvalue weighted by molar-refractivity contribution is 5.55. The zero-order valence-electron chi connectivity index (χ0n) is 5.96. The molecule has 9 heavy (non-hydrogen) atoms. The number of nitrogens with one attached hydrogen (secondary N) is 1. The zero-order valence-corrected chi connectivity index (χ0v) is 5.96. The third kappa shape index (κ3) is 1.91. The molecule has 0 radical (unpaired) electrons. The van der Waals surface area contributed by atoms with Gasteiger partial charge in [0, 0.05) is 6.54 Å². The lowest BCUT2D eigenvalue weighted by Crippen LogP contribution is -2.24. The first-order valence-electron chi connectivity index (χ1n) is 3.30. The van der Waals surface area contributed by atoms with Crippen LogP contribution in [-0.2, 0) is 0 Å². The first-order chi connectivity index (χ1) is 4.29. The van der Waals surface area contributed by atoms with Gasteiger partial charge in [0.25, 0.3) is 0 Å². The van der Waals surface area contributed by atoms with Gasteiger partial charge in [-0.05, 0) is 5.92 Å². The van der Waals surface area contributed by atoms with Crippen molar-refractivity contribution in [3.05, 3.63) is 0 Å². The molecule has 0 saturated carbocycles. The minimum absolute atomic E-state index is 0.696. The predicted octanol–water partition coefficient (Wildman–Crippen LogP) is 0.448. The van der Waals surface area contributed by atoms with Crippen LogP contribution >= 0.6 is 0 Å². The summed E-state index contributed by atoms with van der Waals surface area (Å²) < 4.78 is 0. The summed E-state index contributed by atoms with van der Waals surface area (Å²) in [5, 5.41) is 9.10. The monoisotopic (exact) mass is 127 g/mol. The molecule has 0 saturated heterocycles. The first kappa shape index (κ1) is 6.39. The lowest BCUT2D eigenvalue weighted by atomic mass is 10.2. The molecule has 0 amide bonds. The van der Waals surface area contributed by atoms with Crippen LogP contribution in [-0.4, -0.2) is 24.6 Å². The summed E-state index contributed by atoms with van der Waals surface area (Å²) in [5.41, 5.74) is 0. The third-order valence-electron chi connectivity index (χ3n) is 1.16. The van der Waals surface area contributed by atoms with E-state index in [1.54, 1.807) is 6.34 Å². The maximum atomic E-state index is 4.07. The normalized spacial score (nSPS) is 17.0. The molecule has 52 valence electrons. The maximum absolute atomic E-state index is 4.07. The van der Waals surface area contributed by atoms with Crippen molar-refractivity contribution < 1.29 is 0 Å². The Morgan fingerprint density at radius 2 is 2.56 bits per heavy atom. The van der Waals surface area contributed by atoms with E-state index in [1.807, 2.05) is 5.01 Å². The van der Waals surface area contributed by atoms with Crippen molar-refractivity contribution in [2.45, 2.75) is 13.8 Å². The molecule has 0 unspecified atom stereocenters. The molecule has 0 aromatic heterocycles. The summed E-state index contributed by atoms with van der Waals surface area (Å²) >= 11 is 0. The Hall–Kier alpha value is -0.730. The number of nitrogens with zero attached hydrogens (tertiary/aromatic N) is 2. The van der Waals surface area contributed by atoms with Crippen LogP contribution in [0.5, 0.6) is 0 Å². The van der Waals surface area contributed by atoms with Gasteiger partial charge >= 0.3 is 0 Å². The SMILES string of the molecule is CC(C)CN1CNC=N1. The van der Waals surface area contributed by atoms with E-state index in [2.05, 4.69) is 24.3 Å². The molecule has 0 spiro atoms. The predicted molar refractivity (Wildman–Crippen MR) is 38.0 cm³/mol. The fourth-order valence-corrected chi connectivity index (χ4v) is 0.843. The number of hydrogen-bond acceptors (Lipinski definition) is 3. The molecule has 0 atom stereocenters. The Morgan fingerprint density at radius 1 is 1.78 bits per heavy atom. The van der Waals surface area contributed by atoms with Crippen LogP contribution in [0.4, 0.5) is 0 Å². The molecule has 0 aliphatic carbocycles. The summed E-state index contributed by atoms with van der Waals surface area (Å²) in [4.78, 5) is 0. The van der Waals surface area contributed by atoms with Crippen LogP contribution in [0, 0.1) is 5.92 Å². The van der Waals surface area contributed by atoms with E-state index < -0.39 is 0 Å². The molecule has 1 aliphatic heterocycles. The molecule has 3 nitrogen and oxygen atoms in total. The Kier molecular flexibility index (Phi) is 1.92. The molecule has 0 bridgehead atoms. The van der Waals surface area contributed by atoms with Crippen molar-refractivity contribution in [1.82, 2.24) is 10.3 Å². The van der Waals surface area contributed by atoms with E-state index in [4.69, 9.17) is 0 Å². The minimum atomic E-state index is 0.696. The highest BCUT2D eigenvalue weighted by atomic mass is 15.5. The summed E-state index contributed by atoms with van der Waals surface area (Å²) in [6, 6.07) is 0. The van der Waals surface area contributed by atoms with E-state index in [0.717, 1.165) is 13.2 Å². The standard InChI is InChI=1S/C6H13N3/c1-6(2)3-9-5-7-4-8-9/h4,6H,3,5H2,1-2H3,(H,7,8). The van der Waals surface area contributed by atoms with Gasteiger partial charge in [-0.1, -0.05) is 13.8 Å². The summed E-state index contributed by atoms with van der Waals surface area (Å²) in [6.45, 7) is 6.30. The van der Waals surface area contributed by atoms with Crippen LogP contribution in [0.25, 0.3) is 0 Å². The largest absolute Gasteiger partial charge is 0.356 e. The highest BCUT2D eigenvalue weighted by Crippen LogP contribution is 1.98. The fraction of sp³-hybridized carbons (Fsp3) is 0.833. The van der Waals surface area contributed by atoms with Crippen LogP contribution in [0.15, 0.2) is 5.10 Å². The summed E-state index contributed by atoms with van der Waals surface area (Å²) in [6.07, 6.45) is 1.74. The molecule has 3 heteroatoms. The molecular weight excluding hydrogens is 114 g/mol. The quantitative estimate of drug-likeness (QED) is 0.583. The molecule has 0 aromatic carbocycles. The van der Waals surface area contributed by atoms with Gasteiger partial charge in [-0.15, -0.1) is 0 Å². The van der Waals surface area contributed by atoms with Gasteiger partial charge in [0.15, 0.2) is 0 Å². The summed E-state index contributed by atoms with van der Waals surface area (Å²) in [5.74, 6) is 0.696. The molecule has 0 fully saturated rings. The Morgan fingerprint density at radius 3 is 3.00 bits per heavy atom. The van der Waals surface area contributed by atoms with Crippen molar-refractivity contribution >= 4 is 6.34 Å². The lowest BCUT2D eigenvalue weighted by Gasteiger charge is -2.14. The van der Waals surface area contributed by atoms with Crippen LogP contribution in [0.3, 0.4) is 0 Å². The van der Waals surface area contributed by atoms with Crippen molar-refractivity contribution in [3.63, 3.8) is 0 Å². The molecule has 1 aliphatic rings. The van der Waals surface area contributed by atoms with E-state index in [-0.39, 0.29) is 0 Å². The van der Waals surface area contributed by atoms with Crippen LogP contribution in [0.1, 0.15) is 13.8 Å². The maximum Gasteiger partial charge on any atom is 0.110 e. The molecule has 1 N–H and O–H groups in total. The van der Waals surface area contributed by atoms with Gasteiger partial charge in [0.2, 0.25) is 0 Å². The Labute approximate surface area is 55.7 Å². The molecular formula is C6H13N3. The smallest absolute Gasteiger partial charge is 0.110 e. The average Bonchev–Trinajstić information content (AvgIpc) is 2.15. The van der Waals surface area contributed by atoms with E-state index in [1.165, 1.54) is 0 Å². The van der Waals surface area contributed by atoms with Crippen molar-refractivity contribution in [3.8, 4) is 0 Å². The van der Waals surface area contributed by atoms with Crippen molar-refractivity contribution in [2.24, 2.45) is 11.0 Å². The minimum Gasteiger partial charge on any atom is -0.356 e. The van der Waals surface area contributed by atoms with Crippen molar-refractivity contribution in [1.29, 1.82) is 0 Å². The fourth-order valence-electron chi connectivity index (χ4n) is 0.843. The highest BCUT2D eigenvalue weighted by Gasteiger charge is 2.05. The van der Waals surface area contributed by atoms with Crippen LogP contribution in [0.2, 0.25) is 0 Å². The lowest BCUT2D eigenvalue weighted by molar-refractivity contribution is 0.273. The second kappa shape index (κ2) is 2.71. The zero-order chi connectivity index (χ0) is 6.69. The van der Waals surface area contributed by atoms with Gasteiger partial charge in [0.05, 0.1) is 0 Å². The van der Waals surface area contributed by atoms with E-state index in [0.29, 0.717) is 5.92 Å². The third-order valence-corrected chi connectivity index (χ3v) is 1.16.